The van der Waals surface area contributed by atoms with Crippen LogP contribution >= 0.6 is 0 Å². The van der Waals surface area contributed by atoms with Crippen molar-refractivity contribution in [2.75, 3.05) is 0 Å². The van der Waals surface area contributed by atoms with Crippen LogP contribution in [0.15, 0.2) is 47.1 Å². The molecule has 1 heterocycles. The highest BCUT2D eigenvalue weighted by Gasteiger charge is 1.96. The topological polar surface area (TPSA) is 22.4 Å². The first-order valence-corrected chi connectivity index (χ1v) is 3.62. The lowest BCUT2D eigenvalue weighted by molar-refractivity contribution is 0.347. The van der Waals surface area contributed by atoms with E-state index in [1.165, 1.54) is 0 Å². The summed E-state index contributed by atoms with van der Waals surface area (Å²) in [5.74, 6) is 1.25. The lowest BCUT2D eigenvalue weighted by atomic mass is 10.3. The molecule has 59 valence electrons. The van der Waals surface area contributed by atoms with Gasteiger partial charge in [0.15, 0.2) is 0 Å². The SMILES string of the molecule is [c]1ccc(Oc2ccco2)cc1. The summed E-state index contributed by atoms with van der Waals surface area (Å²) in [6.45, 7) is 0. The number of furan rings is 1. The molecule has 0 atom stereocenters. The van der Waals surface area contributed by atoms with Crippen molar-refractivity contribution in [1.29, 1.82) is 0 Å². The molecule has 0 saturated carbocycles. The molecule has 12 heavy (non-hydrogen) atoms. The molecule has 2 nitrogen and oxygen atoms in total. The van der Waals surface area contributed by atoms with Crippen molar-refractivity contribution in [3.05, 3.63) is 48.7 Å². The minimum atomic E-state index is 0.501. The Morgan fingerprint density at radius 1 is 1.17 bits per heavy atom. The van der Waals surface area contributed by atoms with Gasteiger partial charge in [-0.3, -0.25) is 0 Å². The van der Waals surface area contributed by atoms with E-state index in [2.05, 4.69) is 6.07 Å². The third-order valence-corrected chi connectivity index (χ3v) is 1.40. The molecule has 1 radical (unpaired) electrons. The summed E-state index contributed by atoms with van der Waals surface area (Å²) in [6.07, 6.45) is 1.57. The second-order valence-electron chi connectivity index (χ2n) is 2.27. The van der Waals surface area contributed by atoms with Crippen LogP contribution < -0.4 is 4.74 Å². The van der Waals surface area contributed by atoms with Gasteiger partial charge in [0.1, 0.15) is 5.75 Å². The first kappa shape index (κ1) is 6.98. The van der Waals surface area contributed by atoms with E-state index in [-0.39, 0.29) is 0 Å². The zero-order valence-electron chi connectivity index (χ0n) is 6.36. The van der Waals surface area contributed by atoms with Crippen LogP contribution in [0.25, 0.3) is 0 Å². The number of rotatable bonds is 2. The molecule has 0 spiro atoms. The molecule has 0 bridgehead atoms. The lowest BCUT2D eigenvalue weighted by Crippen LogP contribution is -1.79. The minimum absolute atomic E-state index is 0.501. The maximum atomic E-state index is 5.33. The van der Waals surface area contributed by atoms with E-state index in [9.17, 15) is 0 Å². The molecule has 2 aromatic rings. The first-order valence-electron chi connectivity index (χ1n) is 3.62. The summed E-state index contributed by atoms with van der Waals surface area (Å²) in [5.41, 5.74) is 0. The van der Waals surface area contributed by atoms with Crippen LogP contribution in [0.1, 0.15) is 0 Å². The smallest absolute Gasteiger partial charge is 0.289 e. The third-order valence-electron chi connectivity index (χ3n) is 1.40. The number of hydrogen-bond acceptors (Lipinski definition) is 2. The lowest BCUT2D eigenvalue weighted by Gasteiger charge is -1.98. The highest BCUT2D eigenvalue weighted by molar-refractivity contribution is 5.24. The molecule has 0 fully saturated rings. The molecule has 2 heteroatoms. The van der Waals surface area contributed by atoms with Crippen LogP contribution in [0.3, 0.4) is 0 Å². The highest BCUT2D eigenvalue weighted by Crippen LogP contribution is 2.20. The molecule has 0 amide bonds. The first-order chi connectivity index (χ1) is 5.95. The minimum Gasteiger partial charge on any atom is -0.434 e. The Balaban J connectivity index is 2.15. The van der Waals surface area contributed by atoms with Crippen molar-refractivity contribution in [3.8, 4) is 11.7 Å². The normalized spacial score (nSPS) is 9.67. The van der Waals surface area contributed by atoms with E-state index in [1.54, 1.807) is 30.5 Å². The van der Waals surface area contributed by atoms with Crippen LogP contribution in [0.4, 0.5) is 0 Å². The maximum Gasteiger partial charge on any atom is 0.289 e. The molecule has 0 aliphatic carbocycles. The monoisotopic (exact) mass is 159 g/mol. The molecule has 0 saturated heterocycles. The fraction of sp³-hybridized carbons (Fsp3) is 0. The van der Waals surface area contributed by atoms with E-state index in [0.717, 1.165) is 5.75 Å². The van der Waals surface area contributed by atoms with Crippen molar-refractivity contribution in [1.82, 2.24) is 0 Å². The maximum absolute atomic E-state index is 5.33. The van der Waals surface area contributed by atoms with Gasteiger partial charge in [0.25, 0.3) is 5.95 Å². The van der Waals surface area contributed by atoms with E-state index in [4.69, 9.17) is 9.15 Å². The standard InChI is InChI=1S/C10H7O2/c1-2-5-9(6-3-1)12-10-7-4-8-11-10/h2-8H. The Morgan fingerprint density at radius 2 is 2.00 bits per heavy atom. The molecule has 0 aliphatic rings. The van der Waals surface area contributed by atoms with Crippen molar-refractivity contribution in [2.45, 2.75) is 0 Å². The van der Waals surface area contributed by atoms with Crippen molar-refractivity contribution in [2.24, 2.45) is 0 Å². The fourth-order valence-corrected chi connectivity index (χ4v) is 0.877. The van der Waals surface area contributed by atoms with Gasteiger partial charge in [-0.2, -0.15) is 0 Å². The van der Waals surface area contributed by atoms with Crippen LogP contribution in [-0.4, -0.2) is 0 Å². The van der Waals surface area contributed by atoms with Gasteiger partial charge in [-0.25, -0.2) is 0 Å². The van der Waals surface area contributed by atoms with Gasteiger partial charge in [-0.05, 0) is 24.3 Å². The van der Waals surface area contributed by atoms with Crippen LogP contribution in [0, 0.1) is 6.07 Å². The van der Waals surface area contributed by atoms with Crippen LogP contribution in [-0.2, 0) is 0 Å². The largest absolute Gasteiger partial charge is 0.434 e. The number of ether oxygens (including phenoxy) is 1. The second kappa shape index (κ2) is 3.13. The summed E-state index contributed by atoms with van der Waals surface area (Å²) in [6, 6.07) is 13.7. The number of hydrogen-bond donors (Lipinski definition) is 0. The Bertz CT molecular complexity index is 324. The summed E-state index contributed by atoms with van der Waals surface area (Å²) >= 11 is 0. The quantitative estimate of drug-likeness (QED) is 0.672. The van der Waals surface area contributed by atoms with Gasteiger partial charge in [-0.1, -0.05) is 12.1 Å². The van der Waals surface area contributed by atoms with E-state index < -0.39 is 0 Å². The highest BCUT2D eigenvalue weighted by atomic mass is 16.6. The zero-order chi connectivity index (χ0) is 8.23. The summed E-state index contributed by atoms with van der Waals surface area (Å²) in [7, 11) is 0. The van der Waals surface area contributed by atoms with Gasteiger partial charge in [0.05, 0.1) is 6.26 Å². The molecule has 0 aliphatic heterocycles. The third kappa shape index (κ3) is 1.48. The summed E-state index contributed by atoms with van der Waals surface area (Å²) < 4.78 is 10.3. The van der Waals surface area contributed by atoms with E-state index in [0.29, 0.717) is 5.95 Å². The van der Waals surface area contributed by atoms with Crippen molar-refractivity contribution < 1.29 is 9.15 Å². The Labute approximate surface area is 70.4 Å². The molecule has 0 N–H and O–H groups in total. The Morgan fingerprint density at radius 3 is 2.67 bits per heavy atom. The Hall–Kier alpha value is -1.70. The molecular weight excluding hydrogens is 152 g/mol. The Kier molecular flexibility index (Phi) is 1.82. The molecular formula is C10H7O2. The molecule has 2 rings (SSSR count). The molecule has 0 unspecified atom stereocenters. The van der Waals surface area contributed by atoms with Crippen LogP contribution in [0.2, 0.25) is 0 Å². The summed E-state index contributed by atoms with van der Waals surface area (Å²) in [5, 5.41) is 0. The average molecular weight is 159 g/mol. The van der Waals surface area contributed by atoms with Gasteiger partial charge in [-0.15, -0.1) is 0 Å². The zero-order valence-corrected chi connectivity index (χ0v) is 6.36. The average Bonchev–Trinajstić information content (AvgIpc) is 2.59. The second-order valence-corrected chi connectivity index (χ2v) is 2.27. The van der Waals surface area contributed by atoms with Gasteiger partial charge >= 0.3 is 0 Å². The number of benzene rings is 1. The predicted molar refractivity (Wildman–Crippen MR) is 44.1 cm³/mol. The summed E-state index contributed by atoms with van der Waals surface area (Å²) in [4.78, 5) is 0. The van der Waals surface area contributed by atoms with Crippen molar-refractivity contribution in [3.63, 3.8) is 0 Å². The van der Waals surface area contributed by atoms with Crippen molar-refractivity contribution >= 4 is 0 Å². The fourth-order valence-electron chi connectivity index (χ4n) is 0.877. The van der Waals surface area contributed by atoms with Gasteiger partial charge in [0, 0.05) is 6.07 Å². The van der Waals surface area contributed by atoms with Crippen LogP contribution in [0.5, 0.6) is 11.7 Å². The molecule has 1 aromatic carbocycles. The van der Waals surface area contributed by atoms with E-state index in [1.807, 2.05) is 12.1 Å². The predicted octanol–water partition coefficient (Wildman–Crippen LogP) is 2.87. The van der Waals surface area contributed by atoms with Gasteiger partial charge in [0.2, 0.25) is 0 Å². The van der Waals surface area contributed by atoms with E-state index >= 15 is 0 Å². The van der Waals surface area contributed by atoms with Gasteiger partial charge < -0.3 is 9.15 Å². The molecule has 1 aromatic heterocycles.